The van der Waals surface area contributed by atoms with Crippen molar-refractivity contribution in [2.75, 3.05) is 52.5 Å². The second-order valence-corrected chi connectivity index (χ2v) is 10.1. The molecule has 0 radical (unpaired) electrons. The van der Waals surface area contributed by atoms with Crippen molar-refractivity contribution < 1.29 is 28.7 Å². The molecule has 2 aliphatic rings. The van der Waals surface area contributed by atoms with E-state index in [4.69, 9.17) is 9.47 Å². The van der Waals surface area contributed by atoms with E-state index in [1.165, 1.54) is 6.07 Å². The van der Waals surface area contributed by atoms with Crippen LogP contribution < -0.4 is 10.1 Å². The van der Waals surface area contributed by atoms with Gasteiger partial charge in [0.1, 0.15) is 17.8 Å². The fraction of sp³-hybridized carbons (Fsp3) is 0.464. The van der Waals surface area contributed by atoms with E-state index in [0.717, 1.165) is 12.8 Å². The first-order valence-electron chi connectivity index (χ1n) is 14.1. The number of aromatic nitrogens is 4. The van der Waals surface area contributed by atoms with Crippen molar-refractivity contribution >= 4 is 34.7 Å². The van der Waals surface area contributed by atoms with E-state index >= 15 is 0 Å². The van der Waals surface area contributed by atoms with Gasteiger partial charge in [0.15, 0.2) is 12.4 Å². The monoisotopic (exact) mass is 578 g/mol. The first-order chi connectivity index (χ1) is 20.4. The van der Waals surface area contributed by atoms with E-state index in [1.807, 2.05) is 17.6 Å². The molecular weight excluding hydrogens is 544 g/mol. The van der Waals surface area contributed by atoms with Gasteiger partial charge in [-0.2, -0.15) is 0 Å². The van der Waals surface area contributed by atoms with Gasteiger partial charge in [-0.25, -0.2) is 9.78 Å². The molecule has 2 aromatic heterocycles. The summed E-state index contributed by atoms with van der Waals surface area (Å²) in [5, 5.41) is 11.2. The van der Waals surface area contributed by atoms with Crippen LogP contribution in [0.4, 0.5) is 4.79 Å². The smallest absolute Gasteiger partial charge is 0.409 e. The van der Waals surface area contributed by atoms with E-state index in [9.17, 15) is 19.2 Å². The molecule has 0 spiro atoms. The molecule has 14 nitrogen and oxygen atoms in total. The molecule has 1 N–H and O–H groups in total. The van der Waals surface area contributed by atoms with E-state index in [0.29, 0.717) is 74.9 Å². The van der Waals surface area contributed by atoms with Gasteiger partial charge in [0.05, 0.1) is 25.2 Å². The van der Waals surface area contributed by atoms with Crippen LogP contribution in [0.2, 0.25) is 0 Å². The van der Waals surface area contributed by atoms with Gasteiger partial charge in [-0.15, -0.1) is 10.2 Å². The molecule has 0 atom stereocenters. The number of unbranched alkanes of at least 4 members (excludes halogenated alkanes) is 1. The Morgan fingerprint density at radius 2 is 1.71 bits per heavy atom. The largest absolute Gasteiger partial charge is 0.483 e. The highest BCUT2D eigenvalue weighted by Gasteiger charge is 2.26. The number of ether oxygens (including phenoxy) is 2. The highest BCUT2D eigenvalue weighted by Crippen LogP contribution is 2.26. The Labute approximate surface area is 242 Å². The summed E-state index contributed by atoms with van der Waals surface area (Å²) in [6.07, 6.45) is 3.03. The number of benzene rings is 1. The maximum atomic E-state index is 13.0. The Hall–Kier alpha value is -4.75. The van der Waals surface area contributed by atoms with Crippen LogP contribution in [0, 0.1) is 0 Å². The minimum Gasteiger partial charge on any atom is -0.483 e. The van der Waals surface area contributed by atoms with E-state index in [2.05, 4.69) is 20.5 Å². The zero-order valence-electron chi connectivity index (χ0n) is 23.5. The molecule has 42 heavy (non-hydrogen) atoms. The molecule has 0 unspecified atom stereocenters. The molecule has 4 heterocycles. The maximum Gasteiger partial charge on any atom is 0.409 e. The Bertz CT molecular complexity index is 1450. The van der Waals surface area contributed by atoms with Crippen molar-refractivity contribution in [2.24, 2.45) is 0 Å². The van der Waals surface area contributed by atoms with Gasteiger partial charge in [-0.3, -0.25) is 14.4 Å². The van der Waals surface area contributed by atoms with Crippen LogP contribution in [-0.2, 0) is 27.4 Å². The summed E-state index contributed by atoms with van der Waals surface area (Å²) in [6.45, 7) is 4.88. The molecule has 2 aliphatic heterocycles. The summed E-state index contributed by atoms with van der Waals surface area (Å²) >= 11 is 0. The minimum absolute atomic E-state index is 0.0645. The SMILES string of the molecule is CCCCOC(=O)N1CCN(C(=O)CNC(=O)c2cc(OCC(=O)N3CCn4cnnc4C3)c3ccccc3n2)CC1. The minimum atomic E-state index is -0.543. The predicted molar refractivity (Wildman–Crippen MR) is 149 cm³/mol. The van der Waals surface area contributed by atoms with Gasteiger partial charge >= 0.3 is 6.09 Å². The number of rotatable bonds is 9. The molecule has 0 bridgehead atoms. The summed E-state index contributed by atoms with van der Waals surface area (Å²) in [5.41, 5.74) is 0.585. The first kappa shape index (κ1) is 28.8. The van der Waals surface area contributed by atoms with Crippen LogP contribution in [0.5, 0.6) is 5.75 Å². The second-order valence-electron chi connectivity index (χ2n) is 10.1. The average molecular weight is 579 g/mol. The Morgan fingerprint density at radius 1 is 0.952 bits per heavy atom. The predicted octanol–water partition coefficient (Wildman–Crippen LogP) is 1.06. The highest BCUT2D eigenvalue weighted by molar-refractivity contribution is 5.98. The normalized spacial score (nSPS) is 14.8. The van der Waals surface area contributed by atoms with Crippen molar-refractivity contribution in [1.82, 2.24) is 39.8 Å². The topological polar surface area (TPSA) is 152 Å². The number of piperazine rings is 1. The number of hydrogen-bond acceptors (Lipinski definition) is 9. The van der Waals surface area contributed by atoms with Gasteiger partial charge < -0.3 is 34.1 Å². The standard InChI is InChI=1S/C28H34N8O6/c1-2-3-14-41-28(40)34-10-8-33(9-11-34)25(37)16-29-27(39)22-15-23(20-6-4-5-7-21(20)31-22)42-18-26(38)35-12-13-36-19-30-32-24(36)17-35/h4-7,15,19H,2-3,8-14,16-18H2,1H3,(H,29,39). The fourth-order valence-corrected chi connectivity index (χ4v) is 4.78. The summed E-state index contributed by atoms with van der Waals surface area (Å²) in [5.74, 6) is 0.0363. The van der Waals surface area contributed by atoms with E-state index in [-0.39, 0.29) is 36.8 Å². The van der Waals surface area contributed by atoms with Gasteiger partial charge in [-0.1, -0.05) is 25.5 Å². The molecule has 1 aromatic carbocycles. The quantitative estimate of drug-likeness (QED) is 0.367. The zero-order valence-corrected chi connectivity index (χ0v) is 23.5. The van der Waals surface area contributed by atoms with Crippen molar-refractivity contribution in [3.05, 3.63) is 48.2 Å². The van der Waals surface area contributed by atoms with E-state index in [1.54, 1.807) is 39.2 Å². The molecule has 5 rings (SSSR count). The molecule has 3 aromatic rings. The van der Waals surface area contributed by atoms with Crippen molar-refractivity contribution in [2.45, 2.75) is 32.9 Å². The molecule has 1 fully saturated rings. The van der Waals surface area contributed by atoms with Gasteiger partial charge in [-0.05, 0) is 18.6 Å². The molecular formula is C28H34N8O6. The molecule has 0 aliphatic carbocycles. The number of nitrogens with one attached hydrogen (secondary N) is 1. The van der Waals surface area contributed by atoms with Crippen molar-refractivity contribution in [3.8, 4) is 5.75 Å². The summed E-state index contributed by atoms with van der Waals surface area (Å²) in [6, 6.07) is 8.63. The molecule has 4 amide bonds. The van der Waals surface area contributed by atoms with E-state index < -0.39 is 5.91 Å². The molecule has 0 saturated carbocycles. The van der Waals surface area contributed by atoms with Crippen molar-refractivity contribution in [3.63, 3.8) is 0 Å². The number of hydrogen-bond donors (Lipinski definition) is 1. The third kappa shape index (κ3) is 6.75. The summed E-state index contributed by atoms with van der Waals surface area (Å²) in [4.78, 5) is 60.1. The Kier molecular flexibility index (Phi) is 9.09. The lowest BCUT2D eigenvalue weighted by Crippen LogP contribution is -2.52. The van der Waals surface area contributed by atoms with Gasteiger partial charge in [0.2, 0.25) is 5.91 Å². The Morgan fingerprint density at radius 3 is 2.52 bits per heavy atom. The number of amides is 4. The third-order valence-electron chi connectivity index (χ3n) is 7.27. The van der Waals surface area contributed by atoms with Crippen LogP contribution in [0.1, 0.15) is 36.1 Å². The van der Waals surface area contributed by atoms with Crippen LogP contribution in [-0.4, -0.2) is 111 Å². The summed E-state index contributed by atoms with van der Waals surface area (Å²) < 4.78 is 13.0. The van der Waals surface area contributed by atoms with Crippen LogP contribution in [0.25, 0.3) is 10.9 Å². The first-order valence-corrected chi connectivity index (χ1v) is 14.1. The number of fused-ring (bicyclic) bond motifs is 2. The van der Waals surface area contributed by atoms with Gasteiger partial charge in [0, 0.05) is 50.7 Å². The Balaban J connectivity index is 1.15. The van der Waals surface area contributed by atoms with Gasteiger partial charge in [0.25, 0.3) is 11.8 Å². The molecule has 14 heteroatoms. The third-order valence-corrected chi connectivity index (χ3v) is 7.27. The number of carbonyl (C=O) groups is 4. The number of nitrogens with zero attached hydrogens (tertiary/aromatic N) is 7. The van der Waals surface area contributed by atoms with Crippen molar-refractivity contribution in [1.29, 1.82) is 0 Å². The average Bonchev–Trinajstić information content (AvgIpc) is 3.50. The number of pyridine rings is 1. The van der Waals surface area contributed by atoms with Crippen LogP contribution in [0.3, 0.4) is 0 Å². The lowest BCUT2D eigenvalue weighted by Gasteiger charge is -2.34. The highest BCUT2D eigenvalue weighted by atomic mass is 16.6. The van der Waals surface area contributed by atoms with Crippen LogP contribution in [0.15, 0.2) is 36.7 Å². The molecule has 1 saturated heterocycles. The summed E-state index contributed by atoms with van der Waals surface area (Å²) in [7, 11) is 0. The maximum absolute atomic E-state index is 13.0. The lowest BCUT2D eigenvalue weighted by molar-refractivity contribution is -0.135. The zero-order chi connectivity index (χ0) is 29.5. The lowest BCUT2D eigenvalue weighted by atomic mass is 10.1. The number of para-hydroxylation sites is 1. The molecule has 222 valence electrons. The van der Waals surface area contributed by atoms with Crippen LogP contribution >= 0.6 is 0 Å². The number of carbonyl (C=O) groups excluding carboxylic acids is 4. The second kappa shape index (κ2) is 13.3. The fourth-order valence-electron chi connectivity index (χ4n) is 4.78.